The van der Waals surface area contributed by atoms with Gasteiger partial charge in [0, 0.05) is 22.9 Å². The van der Waals surface area contributed by atoms with Crippen LogP contribution in [-0.4, -0.2) is 9.97 Å². The number of aryl methyl sites for hydroxylation is 2. The molecule has 2 aromatic heterocycles. The van der Waals surface area contributed by atoms with Crippen molar-refractivity contribution in [3.8, 4) is 0 Å². The Morgan fingerprint density at radius 3 is 2.75 bits per heavy atom. The second kappa shape index (κ2) is 5.61. The van der Waals surface area contributed by atoms with Crippen molar-refractivity contribution < 1.29 is 0 Å². The Hall–Kier alpha value is -1.83. The third kappa shape index (κ3) is 2.62. The first kappa shape index (κ1) is 15.7. The standard InChI is InChI=1S/C22H28N2/c1-14-20(15-8-6-5-7-9-15)21-19(23-14)13-16-12-17(22(2,3)4)10-11-18(16)24-21/h5-8,13,15,17,23H,9-12H2,1-4H3. The minimum absolute atomic E-state index is 0.378. The number of fused-ring (bicyclic) bond motifs is 2. The van der Waals surface area contributed by atoms with Crippen LogP contribution in [-0.2, 0) is 12.8 Å². The van der Waals surface area contributed by atoms with Crippen LogP contribution in [0.15, 0.2) is 30.4 Å². The predicted octanol–water partition coefficient (Wildman–Crippen LogP) is 5.62. The molecule has 2 heteroatoms. The Kier molecular flexibility index (Phi) is 3.67. The Morgan fingerprint density at radius 2 is 2.04 bits per heavy atom. The van der Waals surface area contributed by atoms with Gasteiger partial charge in [-0.05, 0) is 55.6 Å². The Bertz CT molecular complexity index is 830. The summed E-state index contributed by atoms with van der Waals surface area (Å²) in [6, 6.07) is 2.38. The zero-order valence-electron chi connectivity index (χ0n) is 15.3. The molecule has 0 aliphatic heterocycles. The fourth-order valence-electron chi connectivity index (χ4n) is 4.40. The molecule has 0 saturated heterocycles. The summed E-state index contributed by atoms with van der Waals surface area (Å²) in [4.78, 5) is 8.75. The molecule has 126 valence electrons. The van der Waals surface area contributed by atoms with Gasteiger partial charge >= 0.3 is 0 Å². The number of allylic oxidation sites excluding steroid dienone is 4. The number of hydrogen-bond donors (Lipinski definition) is 1. The van der Waals surface area contributed by atoms with E-state index in [1.54, 1.807) is 0 Å². The van der Waals surface area contributed by atoms with Crippen LogP contribution >= 0.6 is 0 Å². The Labute approximate surface area is 145 Å². The first-order valence-corrected chi connectivity index (χ1v) is 9.28. The monoisotopic (exact) mass is 320 g/mol. The second-order valence-electron chi connectivity index (χ2n) is 8.62. The quantitative estimate of drug-likeness (QED) is 0.725. The van der Waals surface area contributed by atoms with Crippen molar-refractivity contribution in [1.29, 1.82) is 0 Å². The molecule has 2 aromatic rings. The molecule has 4 rings (SSSR count). The first-order chi connectivity index (χ1) is 11.4. The van der Waals surface area contributed by atoms with Crippen molar-refractivity contribution in [1.82, 2.24) is 9.97 Å². The van der Waals surface area contributed by atoms with E-state index >= 15 is 0 Å². The highest BCUT2D eigenvalue weighted by Crippen LogP contribution is 2.39. The van der Waals surface area contributed by atoms with Gasteiger partial charge in [0.15, 0.2) is 0 Å². The lowest BCUT2D eigenvalue weighted by molar-refractivity contribution is 0.215. The maximum atomic E-state index is 5.14. The van der Waals surface area contributed by atoms with Gasteiger partial charge in [-0.1, -0.05) is 45.1 Å². The molecule has 0 saturated carbocycles. The van der Waals surface area contributed by atoms with Crippen LogP contribution in [0.2, 0.25) is 0 Å². The summed E-state index contributed by atoms with van der Waals surface area (Å²) >= 11 is 0. The zero-order chi connectivity index (χ0) is 16.9. The van der Waals surface area contributed by atoms with Gasteiger partial charge in [0.2, 0.25) is 0 Å². The van der Waals surface area contributed by atoms with Crippen LogP contribution < -0.4 is 0 Å². The van der Waals surface area contributed by atoms with Crippen molar-refractivity contribution in [3.05, 3.63) is 52.9 Å². The lowest BCUT2D eigenvalue weighted by atomic mass is 9.71. The summed E-state index contributed by atoms with van der Waals surface area (Å²) in [6.07, 6.45) is 13.5. The number of aromatic amines is 1. The molecule has 0 aromatic carbocycles. The van der Waals surface area contributed by atoms with E-state index in [1.165, 1.54) is 46.4 Å². The van der Waals surface area contributed by atoms with Gasteiger partial charge in [0.1, 0.15) is 0 Å². The number of rotatable bonds is 1. The summed E-state index contributed by atoms with van der Waals surface area (Å²) in [5.74, 6) is 1.21. The van der Waals surface area contributed by atoms with E-state index in [4.69, 9.17) is 4.98 Å². The fourth-order valence-corrected chi connectivity index (χ4v) is 4.40. The van der Waals surface area contributed by atoms with E-state index in [2.05, 4.69) is 63.0 Å². The number of pyridine rings is 1. The van der Waals surface area contributed by atoms with E-state index in [9.17, 15) is 0 Å². The topological polar surface area (TPSA) is 28.7 Å². The van der Waals surface area contributed by atoms with Gasteiger partial charge in [-0.3, -0.25) is 4.98 Å². The van der Waals surface area contributed by atoms with Crippen molar-refractivity contribution >= 4 is 11.0 Å². The molecule has 2 aliphatic rings. The van der Waals surface area contributed by atoms with E-state index in [0.29, 0.717) is 11.3 Å². The third-order valence-electron chi connectivity index (χ3n) is 5.94. The van der Waals surface area contributed by atoms with Crippen LogP contribution in [0.3, 0.4) is 0 Å². The SMILES string of the molecule is Cc1[nH]c2cc3c(nc2c1C1C=CC=CC1)CCC(C(C)(C)C)C3. The molecule has 2 unspecified atom stereocenters. The van der Waals surface area contributed by atoms with Gasteiger partial charge in [0.25, 0.3) is 0 Å². The maximum Gasteiger partial charge on any atom is 0.0923 e. The minimum Gasteiger partial charge on any atom is -0.357 e. The molecule has 0 spiro atoms. The van der Waals surface area contributed by atoms with Crippen molar-refractivity contribution in [3.63, 3.8) is 0 Å². The molecule has 24 heavy (non-hydrogen) atoms. The van der Waals surface area contributed by atoms with E-state index in [1.807, 2.05) is 0 Å². The molecular formula is C22H28N2. The fraction of sp³-hybridized carbons (Fsp3) is 0.500. The smallest absolute Gasteiger partial charge is 0.0923 e. The Balaban J connectivity index is 1.77. The highest BCUT2D eigenvalue weighted by Gasteiger charge is 2.30. The average molecular weight is 320 g/mol. The van der Waals surface area contributed by atoms with Crippen LogP contribution in [0.4, 0.5) is 0 Å². The molecule has 2 nitrogen and oxygen atoms in total. The number of aromatic nitrogens is 2. The summed E-state index contributed by atoms with van der Waals surface area (Å²) in [7, 11) is 0. The van der Waals surface area contributed by atoms with Gasteiger partial charge in [-0.2, -0.15) is 0 Å². The molecule has 0 amide bonds. The van der Waals surface area contributed by atoms with Crippen molar-refractivity contribution in [2.45, 2.75) is 59.3 Å². The number of nitrogens with one attached hydrogen (secondary N) is 1. The number of H-pyrrole nitrogens is 1. The number of nitrogens with zero attached hydrogens (tertiary/aromatic N) is 1. The second-order valence-corrected chi connectivity index (χ2v) is 8.62. The summed E-state index contributed by atoms with van der Waals surface area (Å²) < 4.78 is 0. The van der Waals surface area contributed by atoms with E-state index in [-0.39, 0.29) is 0 Å². The lowest BCUT2D eigenvalue weighted by Gasteiger charge is -2.34. The van der Waals surface area contributed by atoms with Crippen LogP contribution in [0.25, 0.3) is 11.0 Å². The summed E-state index contributed by atoms with van der Waals surface area (Å²) in [6.45, 7) is 9.30. The molecule has 0 bridgehead atoms. The van der Waals surface area contributed by atoms with Gasteiger partial charge in [-0.25, -0.2) is 0 Å². The van der Waals surface area contributed by atoms with Crippen molar-refractivity contribution in [2.24, 2.45) is 11.3 Å². The van der Waals surface area contributed by atoms with E-state index < -0.39 is 0 Å². The summed E-state index contributed by atoms with van der Waals surface area (Å²) in [5, 5.41) is 0. The lowest BCUT2D eigenvalue weighted by Crippen LogP contribution is -2.27. The number of hydrogen-bond acceptors (Lipinski definition) is 1. The predicted molar refractivity (Wildman–Crippen MR) is 101 cm³/mol. The highest BCUT2D eigenvalue weighted by molar-refractivity contribution is 5.82. The van der Waals surface area contributed by atoms with Crippen LogP contribution in [0.1, 0.15) is 62.0 Å². The van der Waals surface area contributed by atoms with Gasteiger partial charge < -0.3 is 4.98 Å². The normalized spacial score (nSPS) is 23.7. The first-order valence-electron chi connectivity index (χ1n) is 9.28. The van der Waals surface area contributed by atoms with Crippen LogP contribution in [0.5, 0.6) is 0 Å². The van der Waals surface area contributed by atoms with Crippen LogP contribution in [0, 0.1) is 18.3 Å². The largest absolute Gasteiger partial charge is 0.357 e. The average Bonchev–Trinajstić information content (AvgIpc) is 2.86. The van der Waals surface area contributed by atoms with Crippen molar-refractivity contribution in [2.75, 3.05) is 0 Å². The van der Waals surface area contributed by atoms with Gasteiger partial charge in [-0.15, -0.1) is 0 Å². The molecular weight excluding hydrogens is 292 g/mol. The molecule has 2 aliphatic carbocycles. The maximum absolute atomic E-state index is 5.14. The van der Waals surface area contributed by atoms with Gasteiger partial charge in [0.05, 0.1) is 11.0 Å². The molecule has 0 radical (unpaired) electrons. The summed E-state index contributed by atoms with van der Waals surface area (Å²) in [5.41, 5.74) is 8.26. The minimum atomic E-state index is 0.378. The molecule has 2 heterocycles. The molecule has 0 fully saturated rings. The molecule has 2 atom stereocenters. The highest BCUT2D eigenvalue weighted by atomic mass is 14.8. The van der Waals surface area contributed by atoms with E-state index in [0.717, 1.165) is 18.8 Å². The third-order valence-corrected chi connectivity index (χ3v) is 5.94. The molecule has 1 N–H and O–H groups in total. The Morgan fingerprint density at radius 1 is 1.21 bits per heavy atom. The zero-order valence-corrected chi connectivity index (χ0v) is 15.3.